The second-order valence-electron chi connectivity index (χ2n) is 4.80. The van der Waals surface area contributed by atoms with Crippen LogP contribution in [0.4, 0.5) is 0 Å². The van der Waals surface area contributed by atoms with Crippen LogP contribution in [0, 0.1) is 6.92 Å². The Balaban J connectivity index is 1.89. The number of rotatable bonds is 3. The van der Waals surface area contributed by atoms with Crippen LogP contribution >= 0.6 is 11.3 Å². The van der Waals surface area contributed by atoms with Crippen molar-refractivity contribution in [2.24, 2.45) is 5.73 Å². The molecule has 2 aromatic rings. The zero-order valence-electron chi connectivity index (χ0n) is 11.2. The van der Waals surface area contributed by atoms with E-state index >= 15 is 0 Å². The predicted molar refractivity (Wildman–Crippen MR) is 75.3 cm³/mol. The molecule has 1 aliphatic rings. The van der Waals surface area contributed by atoms with Crippen molar-refractivity contribution in [3.05, 3.63) is 16.9 Å². The summed E-state index contributed by atoms with van der Waals surface area (Å²) in [6.45, 7) is 3.13. The molecule has 3 N–H and O–H groups in total. The van der Waals surface area contributed by atoms with Crippen molar-refractivity contribution in [1.29, 1.82) is 0 Å². The normalized spacial score (nSPS) is 18.7. The maximum absolute atomic E-state index is 12.6. The number of thiazole rings is 1. The summed E-state index contributed by atoms with van der Waals surface area (Å²) in [5, 5.41) is 7.25. The van der Waals surface area contributed by atoms with Crippen LogP contribution in [0.3, 0.4) is 0 Å². The lowest BCUT2D eigenvalue weighted by molar-refractivity contribution is 0.0745. The summed E-state index contributed by atoms with van der Waals surface area (Å²) < 4.78 is 0. The molecule has 0 radical (unpaired) electrons. The van der Waals surface area contributed by atoms with E-state index in [0.29, 0.717) is 22.3 Å². The number of H-pyrrole nitrogens is 1. The average molecular weight is 292 g/mol. The van der Waals surface area contributed by atoms with Gasteiger partial charge in [0.2, 0.25) is 0 Å². The zero-order valence-corrected chi connectivity index (χ0v) is 12.0. The molecule has 7 nitrogen and oxygen atoms in total. The molecule has 3 rings (SSSR count). The second-order valence-corrected chi connectivity index (χ2v) is 5.80. The summed E-state index contributed by atoms with van der Waals surface area (Å²) in [5.41, 5.74) is 6.46. The number of nitrogens with one attached hydrogen (secondary N) is 1. The topological polar surface area (TPSA) is 101 Å². The van der Waals surface area contributed by atoms with Crippen LogP contribution in [0.5, 0.6) is 0 Å². The number of hydrogen-bond donors (Lipinski definition) is 2. The van der Waals surface area contributed by atoms with Crippen LogP contribution in [-0.4, -0.2) is 50.1 Å². The Morgan fingerprint density at radius 3 is 3.20 bits per heavy atom. The lowest BCUT2D eigenvalue weighted by atomic mass is 10.2. The van der Waals surface area contributed by atoms with Gasteiger partial charge in [-0.15, -0.1) is 11.3 Å². The van der Waals surface area contributed by atoms with Crippen LogP contribution in [0.1, 0.15) is 28.2 Å². The molecule has 20 heavy (non-hydrogen) atoms. The fraction of sp³-hybridized carbons (Fsp3) is 0.500. The maximum atomic E-state index is 12.6. The molecule has 0 aromatic carbocycles. The van der Waals surface area contributed by atoms with Crippen LogP contribution in [0.15, 0.2) is 6.33 Å². The van der Waals surface area contributed by atoms with E-state index in [4.69, 9.17) is 5.73 Å². The number of aryl methyl sites for hydroxylation is 1. The minimum atomic E-state index is 0.0266. The number of amides is 1. The van der Waals surface area contributed by atoms with Crippen molar-refractivity contribution in [3.8, 4) is 10.8 Å². The number of nitrogens with two attached hydrogens (primary N) is 1. The Morgan fingerprint density at radius 1 is 1.65 bits per heavy atom. The van der Waals surface area contributed by atoms with Gasteiger partial charge in [-0.1, -0.05) is 0 Å². The molecule has 3 heterocycles. The van der Waals surface area contributed by atoms with Gasteiger partial charge in [-0.25, -0.2) is 9.97 Å². The summed E-state index contributed by atoms with van der Waals surface area (Å²) in [6.07, 6.45) is 3.42. The van der Waals surface area contributed by atoms with E-state index in [0.717, 1.165) is 25.1 Å². The quantitative estimate of drug-likeness (QED) is 0.871. The van der Waals surface area contributed by atoms with Gasteiger partial charge in [0.1, 0.15) is 11.2 Å². The van der Waals surface area contributed by atoms with E-state index in [1.54, 1.807) is 0 Å². The summed E-state index contributed by atoms with van der Waals surface area (Å²) in [5.74, 6) is 0.618. The summed E-state index contributed by atoms with van der Waals surface area (Å²) in [4.78, 5) is 23.6. The van der Waals surface area contributed by atoms with Gasteiger partial charge in [-0.2, -0.15) is 5.10 Å². The minimum Gasteiger partial charge on any atom is -0.334 e. The van der Waals surface area contributed by atoms with Crippen molar-refractivity contribution in [2.45, 2.75) is 25.8 Å². The smallest absolute Gasteiger partial charge is 0.266 e. The Labute approximate surface area is 120 Å². The first-order chi connectivity index (χ1) is 9.70. The van der Waals surface area contributed by atoms with Crippen molar-refractivity contribution in [1.82, 2.24) is 25.1 Å². The highest BCUT2D eigenvalue weighted by molar-refractivity contribution is 7.17. The van der Waals surface area contributed by atoms with Crippen LogP contribution < -0.4 is 5.73 Å². The summed E-state index contributed by atoms with van der Waals surface area (Å²) >= 11 is 1.35. The Hall–Kier alpha value is -1.80. The molecule has 1 atom stereocenters. The Bertz CT molecular complexity index is 608. The van der Waals surface area contributed by atoms with Gasteiger partial charge in [0.05, 0.1) is 5.69 Å². The molecule has 0 saturated carbocycles. The first kappa shape index (κ1) is 13.2. The highest BCUT2D eigenvalue weighted by atomic mass is 32.1. The molecule has 106 valence electrons. The third kappa shape index (κ3) is 2.20. The number of aromatic nitrogens is 4. The van der Waals surface area contributed by atoms with Crippen LogP contribution in [0.25, 0.3) is 10.8 Å². The van der Waals surface area contributed by atoms with E-state index in [2.05, 4.69) is 20.2 Å². The molecule has 1 unspecified atom stereocenters. The monoisotopic (exact) mass is 292 g/mol. The molecule has 2 aromatic heterocycles. The lowest BCUT2D eigenvalue weighted by Gasteiger charge is -2.22. The summed E-state index contributed by atoms with van der Waals surface area (Å²) in [7, 11) is 0. The third-order valence-electron chi connectivity index (χ3n) is 3.52. The van der Waals surface area contributed by atoms with E-state index in [9.17, 15) is 4.79 Å². The van der Waals surface area contributed by atoms with Gasteiger partial charge in [0.15, 0.2) is 10.8 Å². The first-order valence-corrected chi connectivity index (χ1v) is 7.36. The second kappa shape index (κ2) is 5.29. The van der Waals surface area contributed by atoms with Gasteiger partial charge >= 0.3 is 0 Å². The number of nitrogens with zero attached hydrogens (tertiary/aromatic N) is 4. The SMILES string of the molecule is Cc1nc(-c2ncn[nH]2)sc1C(=O)N1CCCC1CN. The summed E-state index contributed by atoms with van der Waals surface area (Å²) in [6, 6.07) is 0.151. The molecular formula is C12H16N6OS. The molecule has 8 heteroatoms. The first-order valence-electron chi connectivity index (χ1n) is 6.55. The van der Waals surface area contributed by atoms with Gasteiger partial charge in [0, 0.05) is 19.1 Å². The highest BCUT2D eigenvalue weighted by Gasteiger charge is 2.30. The van der Waals surface area contributed by atoms with Crippen LogP contribution in [0.2, 0.25) is 0 Å². The number of carbonyl (C=O) groups excluding carboxylic acids is 1. The lowest BCUT2D eigenvalue weighted by Crippen LogP contribution is -2.39. The van der Waals surface area contributed by atoms with Crippen LogP contribution in [-0.2, 0) is 0 Å². The number of hydrogen-bond acceptors (Lipinski definition) is 6. The number of likely N-dealkylation sites (tertiary alicyclic amines) is 1. The molecule has 0 aliphatic carbocycles. The Kier molecular flexibility index (Phi) is 3.49. The highest BCUT2D eigenvalue weighted by Crippen LogP contribution is 2.28. The van der Waals surface area contributed by atoms with E-state index in [1.807, 2.05) is 11.8 Å². The molecule has 1 fully saturated rings. The fourth-order valence-corrected chi connectivity index (χ4v) is 3.45. The van der Waals surface area contributed by atoms with Gasteiger partial charge < -0.3 is 10.6 Å². The third-order valence-corrected chi connectivity index (χ3v) is 4.67. The van der Waals surface area contributed by atoms with Gasteiger partial charge in [-0.3, -0.25) is 9.89 Å². The maximum Gasteiger partial charge on any atom is 0.266 e. The van der Waals surface area contributed by atoms with Gasteiger partial charge in [0.25, 0.3) is 5.91 Å². The van der Waals surface area contributed by atoms with Crippen molar-refractivity contribution < 1.29 is 4.79 Å². The molecule has 0 bridgehead atoms. The van der Waals surface area contributed by atoms with E-state index in [1.165, 1.54) is 17.7 Å². The largest absolute Gasteiger partial charge is 0.334 e. The fourth-order valence-electron chi connectivity index (χ4n) is 2.48. The minimum absolute atomic E-state index is 0.0266. The molecule has 1 amide bonds. The molecule has 1 aliphatic heterocycles. The van der Waals surface area contributed by atoms with Gasteiger partial charge in [-0.05, 0) is 19.8 Å². The zero-order chi connectivity index (χ0) is 14.1. The van der Waals surface area contributed by atoms with Crippen molar-refractivity contribution in [2.75, 3.05) is 13.1 Å². The standard InChI is InChI=1S/C12H16N6OS/c1-7-9(12(19)18-4-2-3-8(18)5-13)20-11(16-7)10-14-6-15-17-10/h6,8H,2-5,13H2,1H3,(H,14,15,17). The van der Waals surface area contributed by atoms with Crippen molar-refractivity contribution in [3.63, 3.8) is 0 Å². The predicted octanol–water partition coefficient (Wildman–Crippen LogP) is 0.800. The number of carbonyl (C=O) groups is 1. The molecular weight excluding hydrogens is 276 g/mol. The molecule has 0 spiro atoms. The average Bonchev–Trinajstić information content (AvgIpc) is 3.17. The molecule has 1 saturated heterocycles. The van der Waals surface area contributed by atoms with E-state index < -0.39 is 0 Å². The Morgan fingerprint density at radius 2 is 2.50 bits per heavy atom. The van der Waals surface area contributed by atoms with E-state index in [-0.39, 0.29) is 11.9 Å². The van der Waals surface area contributed by atoms with Crippen molar-refractivity contribution >= 4 is 17.2 Å². The number of aromatic amines is 1.